The second-order valence-corrected chi connectivity index (χ2v) is 16.8. The standard InChI is InChI=1S/C47H64N4O7/c1-7-22-51(45(54)48-31-34-27-33-17-10-11-19-39(33)49-34)42-30-40(50-58-46(4,5)6)37-28-32(16-12-14-23-52)36(18-13-15-24-53)43-38-29-35(55-25-8-2)20-21-41(38)57-47(42,44(37)43)56-26-9-3/h8-11,17,19-21,27-29,32,36,42-44,49,52-53H,2-3,7,12-16,18,22-26,30-31H2,1,4-6H3,(H,48,54)/t32-,36+,42-,43+,44+,47+/m0/s1. The summed E-state index contributed by atoms with van der Waals surface area (Å²) in [6, 6.07) is 15.3. The van der Waals surface area contributed by atoms with Crippen molar-refractivity contribution >= 4 is 22.6 Å². The number of carbonyl (C=O) groups is 1. The maximum absolute atomic E-state index is 14.7. The highest BCUT2D eigenvalue weighted by Gasteiger charge is 2.65. The number of carbonyl (C=O) groups excluding carboxylic acids is 1. The van der Waals surface area contributed by atoms with Crippen molar-refractivity contribution in [3.05, 3.63) is 96.7 Å². The van der Waals surface area contributed by atoms with E-state index in [0.717, 1.165) is 59.1 Å². The van der Waals surface area contributed by atoms with Crippen LogP contribution in [0.25, 0.3) is 10.9 Å². The number of aromatic amines is 1. The van der Waals surface area contributed by atoms with Crippen LogP contribution in [-0.2, 0) is 16.1 Å². The van der Waals surface area contributed by atoms with Crippen LogP contribution in [-0.4, -0.2) is 82.2 Å². The number of nitrogens with one attached hydrogen (secondary N) is 2. The van der Waals surface area contributed by atoms with Crippen molar-refractivity contribution < 1.29 is 34.1 Å². The highest BCUT2D eigenvalue weighted by atomic mass is 16.7. The number of allylic oxidation sites excluding steroid dienone is 1. The number of oxime groups is 1. The number of unbranched alkanes of at least 4 members (excludes halogenated alkanes) is 2. The van der Waals surface area contributed by atoms with Crippen LogP contribution in [0.3, 0.4) is 0 Å². The van der Waals surface area contributed by atoms with E-state index >= 15 is 0 Å². The second-order valence-electron chi connectivity index (χ2n) is 16.8. The van der Waals surface area contributed by atoms with E-state index in [1.54, 1.807) is 12.2 Å². The van der Waals surface area contributed by atoms with Gasteiger partial charge in [-0.1, -0.05) is 67.9 Å². The van der Waals surface area contributed by atoms with Crippen LogP contribution in [0.5, 0.6) is 11.5 Å². The molecule has 3 aliphatic rings. The lowest BCUT2D eigenvalue weighted by atomic mass is 9.55. The van der Waals surface area contributed by atoms with Gasteiger partial charge in [-0.05, 0) is 106 Å². The van der Waals surface area contributed by atoms with Crippen molar-refractivity contribution in [3.63, 3.8) is 0 Å². The summed E-state index contributed by atoms with van der Waals surface area (Å²) in [6.45, 7) is 17.5. The molecule has 0 bridgehead atoms. The zero-order valence-corrected chi connectivity index (χ0v) is 34.9. The largest absolute Gasteiger partial charge is 0.490 e. The number of rotatable bonds is 20. The molecule has 1 saturated carbocycles. The fourth-order valence-electron chi connectivity index (χ4n) is 9.23. The molecule has 314 valence electrons. The molecular weight excluding hydrogens is 733 g/mol. The Labute approximate surface area is 344 Å². The Bertz CT molecular complexity index is 1900. The Morgan fingerprint density at radius 2 is 1.81 bits per heavy atom. The number of benzene rings is 2. The predicted octanol–water partition coefficient (Wildman–Crippen LogP) is 8.79. The van der Waals surface area contributed by atoms with E-state index in [2.05, 4.69) is 54.7 Å². The van der Waals surface area contributed by atoms with E-state index in [1.807, 2.05) is 56.0 Å². The van der Waals surface area contributed by atoms with Crippen LogP contribution >= 0.6 is 0 Å². The Kier molecular flexibility index (Phi) is 14.4. The molecule has 0 unspecified atom stereocenters. The lowest BCUT2D eigenvalue weighted by Crippen LogP contribution is -2.70. The fraction of sp³-hybridized carbons (Fsp3) is 0.532. The highest BCUT2D eigenvalue weighted by Crippen LogP contribution is 2.62. The summed E-state index contributed by atoms with van der Waals surface area (Å²) in [5.41, 5.74) is 4.13. The molecule has 2 amide bonds. The molecule has 3 aromatic rings. The Morgan fingerprint density at radius 3 is 2.52 bits per heavy atom. The molecule has 0 spiro atoms. The monoisotopic (exact) mass is 796 g/mol. The summed E-state index contributed by atoms with van der Waals surface area (Å²) >= 11 is 0. The molecule has 1 aromatic heterocycles. The average Bonchev–Trinajstić information content (AvgIpc) is 3.64. The zero-order chi connectivity index (χ0) is 41.3. The number of hydrogen-bond acceptors (Lipinski definition) is 8. The summed E-state index contributed by atoms with van der Waals surface area (Å²) in [5.74, 6) is -0.230. The SMILES string of the molecule is C=CCOc1ccc2c(c1)[C@H]1[C@H](CCCCO)[C@@H](CCCCO)C=C3C(=NOC(C)(C)C)C[C@H](N(CCC)C(=O)NCc4cc5ccccc5[nH]4)[C@@](OCC=C)(O2)[C@H]31. The number of amides is 2. The van der Waals surface area contributed by atoms with Gasteiger partial charge in [-0.2, -0.15) is 0 Å². The van der Waals surface area contributed by atoms with E-state index < -0.39 is 23.3 Å². The van der Waals surface area contributed by atoms with E-state index in [1.165, 1.54) is 0 Å². The van der Waals surface area contributed by atoms with Gasteiger partial charge in [0.25, 0.3) is 0 Å². The lowest BCUT2D eigenvalue weighted by molar-refractivity contribution is -0.254. The normalized spacial score (nSPS) is 24.3. The number of aromatic nitrogens is 1. The van der Waals surface area contributed by atoms with Crippen LogP contribution in [0.2, 0.25) is 0 Å². The molecule has 11 heteroatoms. The summed E-state index contributed by atoms with van der Waals surface area (Å²) in [6.07, 6.45) is 11.7. The van der Waals surface area contributed by atoms with Crippen molar-refractivity contribution in [2.75, 3.05) is 33.0 Å². The molecule has 0 saturated heterocycles. The predicted molar refractivity (Wildman–Crippen MR) is 229 cm³/mol. The summed E-state index contributed by atoms with van der Waals surface area (Å²) < 4.78 is 20.5. The molecule has 58 heavy (non-hydrogen) atoms. The lowest BCUT2D eigenvalue weighted by Gasteiger charge is -2.60. The first-order valence-corrected chi connectivity index (χ1v) is 21.2. The minimum atomic E-state index is -1.33. The molecule has 4 N–H and O–H groups in total. The third-order valence-corrected chi connectivity index (χ3v) is 11.6. The number of fused-ring (bicyclic) bond motifs is 3. The van der Waals surface area contributed by atoms with E-state index in [0.29, 0.717) is 56.9 Å². The topological polar surface area (TPSA) is 138 Å². The van der Waals surface area contributed by atoms with E-state index in [-0.39, 0.29) is 43.6 Å². The first-order valence-electron chi connectivity index (χ1n) is 21.2. The van der Waals surface area contributed by atoms with Crippen molar-refractivity contribution in [1.29, 1.82) is 0 Å². The van der Waals surface area contributed by atoms with Crippen LogP contribution < -0.4 is 14.8 Å². The minimum Gasteiger partial charge on any atom is -0.490 e. The first-order chi connectivity index (χ1) is 28.1. The summed E-state index contributed by atoms with van der Waals surface area (Å²) in [7, 11) is 0. The fourth-order valence-corrected chi connectivity index (χ4v) is 9.23. The molecule has 6 rings (SSSR count). The van der Waals surface area contributed by atoms with Gasteiger partial charge in [0.05, 0.1) is 24.8 Å². The maximum Gasteiger partial charge on any atom is 0.318 e. The molecule has 1 fully saturated rings. The number of urea groups is 1. The first kappa shape index (κ1) is 43.0. The average molecular weight is 797 g/mol. The van der Waals surface area contributed by atoms with Gasteiger partial charge >= 0.3 is 6.03 Å². The molecule has 2 aliphatic carbocycles. The minimum absolute atomic E-state index is 0.113. The molecule has 2 heterocycles. The Morgan fingerprint density at radius 1 is 1.05 bits per heavy atom. The van der Waals surface area contributed by atoms with Crippen LogP contribution in [0.1, 0.15) is 96.2 Å². The number of aliphatic hydroxyl groups excluding tert-OH is 2. The third kappa shape index (κ3) is 9.48. The number of nitrogens with zero attached hydrogens (tertiary/aromatic N) is 2. The quantitative estimate of drug-likeness (QED) is 0.0510. The molecule has 6 atom stereocenters. The van der Waals surface area contributed by atoms with Crippen molar-refractivity contribution in [1.82, 2.24) is 15.2 Å². The highest BCUT2D eigenvalue weighted by molar-refractivity contribution is 6.03. The summed E-state index contributed by atoms with van der Waals surface area (Å²) in [5, 5.41) is 29.0. The molecule has 11 nitrogen and oxygen atoms in total. The van der Waals surface area contributed by atoms with E-state index in [9.17, 15) is 15.0 Å². The molecule has 1 aliphatic heterocycles. The number of H-pyrrole nitrogens is 1. The van der Waals surface area contributed by atoms with Gasteiger partial charge in [0.2, 0.25) is 5.79 Å². The van der Waals surface area contributed by atoms with Gasteiger partial charge in [0, 0.05) is 48.9 Å². The summed E-state index contributed by atoms with van der Waals surface area (Å²) in [4.78, 5) is 26.3. The Hall–Kier alpha value is -4.58. The van der Waals surface area contributed by atoms with Crippen molar-refractivity contribution in [3.8, 4) is 11.5 Å². The van der Waals surface area contributed by atoms with Crippen molar-refractivity contribution in [2.45, 2.75) is 109 Å². The number of aliphatic hydroxyl groups is 2. The van der Waals surface area contributed by atoms with Crippen LogP contribution in [0.4, 0.5) is 4.79 Å². The zero-order valence-electron chi connectivity index (χ0n) is 34.9. The van der Waals surface area contributed by atoms with Gasteiger partial charge in [-0.25, -0.2) is 4.79 Å². The van der Waals surface area contributed by atoms with Gasteiger partial charge < -0.3 is 44.5 Å². The second kappa shape index (κ2) is 19.4. The maximum atomic E-state index is 14.7. The Balaban J connectivity index is 1.53. The van der Waals surface area contributed by atoms with Crippen LogP contribution in [0, 0.1) is 17.8 Å². The third-order valence-electron chi connectivity index (χ3n) is 11.6. The molecule has 2 aromatic carbocycles. The van der Waals surface area contributed by atoms with Gasteiger partial charge in [-0.15, -0.1) is 6.58 Å². The van der Waals surface area contributed by atoms with Gasteiger partial charge in [0.1, 0.15) is 29.7 Å². The number of para-hydroxylation sites is 1. The van der Waals surface area contributed by atoms with Crippen LogP contribution in [0.15, 0.2) is 90.6 Å². The number of ether oxygens (including phenoxy) is 3. The van der Waals surface area contributed by atoms with Crippen molar-refractivity contribution in [2.24, 2.45) is 22.9 Å². The molecular formula is C47H64N4O7. The number of hydrogen-bond donors (Lipinski definition) is 4. The smallest absolute Gasteiger partial charge is 0.318 e. The van der Waals surface area contributed by atoms with Gasteiger partial charge in [-0.3, -0.25) is 0 Å². The molecule has 0 radical (unpaired) electrons. The van der Waals surface area contributed by atoms with E-state index in [4.69, 9.17) is 24.2 Å². The van der Waals surface area contributed by atoms with Gasteiger partial charge in [0.15, 0.2) is 0 Å².